The molecule has 0 fully saturated rings. The number of alkyl halides is 2. The number of carboxylic acids is 1. The van der Waals surface area contributed by atoms with Gasteiger partial charge in [0.05, 0.1) is 6.61 Å². The number of aromatic hydroxyl groups is 1. The molecule has 0 radical (unpaired) electrons. The van der Waals surface area contributed by atoms with E-state index >= 15 is 0 Å². The fraction of sp³-hybridized carbons (Fsp3) is 0.385. The van der Waals surface area contributed by atoms with Gasteiger partial charge in [0.25, 0.3) is 0 Å². The van der Waals surface area contributed by atoms with Gasteiger partial charge in [-0.05, 0) is 25.5 Å². The first-order valence-electron chi connectivity index (χ1n) is 6.00. The SMILES string of the molecule is CCOC(=O)C(F)(F)[C@H](N)c1cc(C)cc(C(=O)O)c1O. The standard InChI is InChI=1S/C13H15F2NO5/c1-3-21-12(20)13(14,15)10(16)7-4-6(2)5-8(9(7)17)11(18)19/h4-5,10,17H,3,16H2,1-2H3,(H,18,19)/t10-/m1/s1. The Labute approximate surface area is 119 Å². The number of aryl methyl sites for hydroxylation is 1. The van der Waals surface area contributed by atoms with Crippen LogP contribution in [0.25, 0.3) is 0 Å². The highest BCUT2D eigenvalue weighted by atomic mass is 19.3. The number of benzene rings is 1. The second-order valence-corrected chi connectivity index (χ2v) is 4.38. The number of halogens is 2. The van der Waals surface area contributed by atoms with Gasteiger partial charge in [-0.15, -0.1) is 0 Å². The molecular formula is C13H15F2NO5. The second kappa shape index (κ2) is 6.04. The molecule has 1 atom stereocenters. The van der Waals surface area contributed by atoms with Crippen LogP contribution in [-0.2, 0) is 9.53 Å². The van der Waals surface area contributed by atoms with Crippen LogP contribution in [0, 0.1) is 6.92 Å². The summed E-state index contributed by atoms with van der Waals surface area (Å²) in [6, 6.07) is -0.0229. The van der Waals surface area contributed by atoms with Crippen LogP contribution in [-0.4, -0.2) is 34.7 Å². The van der Waals surface area contributed by atoms with E-state index < -0.39 is 40.8 Å². The summed E-state index contributed by atoms with van der Waals surface area (Å²) in [5, 5.41) is 18.7. The molecular weight excluding hydrogens is 288 g/mol. The Morgan fingerprint density at radius 2 is 2.00 bits per heavy atom. The number of carbonyl (C=O) groups is 2. The Morgan fingerprint density at radius 1 is 1.43 bits per heavy atom. The molecule has 0 amide bonds. The number of carbonyl (C=O) groups excluding carboxylic acids is 1. The lowest BCUT2D eigenvalue weighted by Gasteiger charge is -2.23. The molecule has 0 bridgehead atoms. The minimum atomic E-state index is -4.10. The zero-order valence-electron chi connectivity index (χ0n) is 11.4. The Kier molecular flexibility index (Phi) is 4.84. The van der Waals surface area contributed by atoms with E-state index in [0.29, 0.717) is 5.56 Å². The lowest BCUT2D eigenvalue weighted by atomic mass is 9.95. The van der Waals surface area contributed by atoms with Crippen molar-refractivity contribution in [2.45, 2.75) is 25.8 Å². The monoisotopic (exact) mass is 303 g/mol. The average Bonchev–Trinajstić information content (AvgIpc) is 2.40. The fourth-order valence-corrected chi connectivity index (χ4v) is 1.76. The summed E-state index contributed by atoms with van der Waals surface area (Å²) in [5.41, 5.74) is 4.53. The van der Waals surface area contributed by atoms with Crippen LogP contribution in [0.4, 0.5) is 8.78 Å². The number of aromatic carboxylic acids is 1. The second-order valence-electron chi connectivity index (χ2n) is 4.38. The predicted molar refractivity (Wildman–Crippen MR) is 68.3 cm³/mol. The summed E-state index contributed by atoms with van der Waals surface area (Å²) >= 11 is 0. The Hall–Kier alpha value is -2.22. The molecule has 4 N–H and O–H groups in total. The van der Waals surface area contributed by atoms with Crippen molar-refractivity contribution in [2.24, 2.45) is 5.73 Å². The van der Waals surface area contributed by atoms with Gasteiger partial charge in [0.15, 0.2) is 0 Å². The highest BCUT2D eigenvalue weighted by Gasteiger charge is 2.49. The number of nitrogens with two attached hydrogens (primary N) is 1. The summed E-state index contributed by atoms with van der Waals surface area (Å²) in [4.78, 5) is 22.2. The van der Waals surface area contributed by atoms with Crippen molar-refractivity contribution >= 4 is 11.9 Å². The van der Waals surface area contributed by atoms with E-state index in [1.165, 1.54) is 13.8 Å². The molecule has 116 valence electrons. The largest absolute Gasteiger partial charge is 0.507 e. The summed E-state index contributed by atoms with van der Waals surface area (Å²) in [5.74, 6) is -8.33. The van der Waals surface area contributed by atoms with E-state index in [2.05, 4.69) is 4.74 Å². The average molecular weight is 303 g/mol. The van der Waals surface area contributed by atoms with Crippen LogP contribution in [0.1, 0.15) is 34.5 Å². The molecule has 0 aromatic heterocycles. The first kappa shape index (κ1) is 16.8. The molecule has 0 aliphatic heterocycles. The van der Waals surface area contributed by atoms with E-state index in [1.807, 2.05) is 0 Å². The molecule has 0 saturated heterocycles. The van der Waals surface area contributed by atoms with Crippen molar-refractivity contribution < 1.29 is 33.3 Å². The van der Waals surface area contributed by atoms with Crippen molar-refractivity contribution in [1.82, 2.24) is 0 Å². The number of hydrogen-bond acceptors (Lipinski definition) is 5. The topological polar surface area (TPSA) is 110 Å². The van der Waals surface area contributed by atoms with E-state index in [1.54, 1.807) is 0 Å². The third kappa shape index (κ3) is 3.27. The molecule has 1 aromatic carbocycles. The normalized spacial score (nSPS) is 12.8. The predicted octanol–water partition coefficient (Wildman–Crippen LogP) is 1.60. The van der Waals surface area contributed by atoms with Crippen LogP contribution in [0.3, 0.4) is 0 Å². The highest BCUT2D eigenvalue weighted by molar-refractivity contribution is 5.92. The summed E-state index contributed by atoms with van der Waals surface area (Å²) in [6.45, 7) is 2.54. The lowest BCUT2D eigenvalue weighted by molar-refractivity contribution is -0.174. The van der Waals surface area contributed by atoms with Gasteiger partial charge in [0.2, 0.25) is 0 Å². The number of ether oxygens (including phenoxy) is 1. The molecule has 0 heterocycles. The van der Waals surface area contributed by atoms with Crippen molar-refractivity contribution in [3.63, 3.8) is 0 Å². The minimum absolute atomic E-state index is 0.263. The van der Waals surface area contributed by atoms with Crippen LogP contribution in [0.2, 0.25) is 0 Å². The van der Waals surface area contributed by atoms with Crippen LogP contribution in [0.15, 0.2) is 12.1 Å². The number of hydrogen-bond donors (Lipinski definition) is 3. The van der Waals surface area contributed by atoms with E-state index in [-0.39, 0.29) is 6.61 Å². The van der Waals surface area contributed by atoms with Crippen molar-refractivity contribution in [3.8, 4) is 5.75 Å². The van der Waals surface area contributed by atoms with Crippen LogP contribution >= 0.6 is 0 Å². The zero-order valence-corrected chi connectivity index (χ0v) is 11.4. The number of phenols is 1. The first-order chi connectivity index (χ1) is 9.62. The Balaban J connectivity index is 3.33. The lowest BCUT2D eigenvalue weighted by Crippen LogP contribution is -2.41. The zero-order chi connectivity index (χ0) is 16.4. The van der Waals surface area contributed by atoms with E-state index in [9.17, 15) is 23.5 Å². The molecule has 6 nitrogen and oxygen atoms in total. The maximum atomic E-state index is 13.9. The maximum Gasteiger partial charge on any atom is 0.379 e. The summed E-state index contributed by atoms with van der Waals surface area (Å²) < 4.78 is 32.0. The molecule has 1 rings (SSSR count). The molecule has 0 saturated carbocycles. The number of carboxylic acid groups (broad SMARTS) is 1. The minimum Gasteiger partial charge on any atom is -0.507 e. The molecule has 0 unspecified atom stereocenters. The van der Waals surface area contributed by atoms with Gasteiger partial charge in [0.1, 0.15) is 17.4 Å². The maximum absolute atomic E-state index is 13.9. The molecule has 0 aliphatic carbocycles. The highest BCUT2D eigenvalue weighted by Crippen LogP contribution is 2.37. The van der Waals surface area contributed by atoms with Gasteiger partial charge in [0, 0.05) is 5.56 Å². The van der Waals surface area contributed by atoms with Gasteiger partial charge in [-0.1, -0.05) is 6.07 Å². The summed E-state index contributed by atoms with van der Waals surface area (Å²) in [7, 11) is 0. The summed E-state index contributed by atoms with van der Waals surface area (Å²) in [6.07, 6.45) is 0. The fourth-order valence-electron chi connectivity index (χ4n) is 1.76. The quantitative estimate of drug-likeness (QED) is 0.713. The van der Waals surface area contributed by atoms with Crippen molar-refractivity contribution in [1.29, 1.82) is 0 Å². The number of rotatable bonds is 5. The van der Waals surface area contributed by atoms with Gasteiger partial charge in [-0.25, -0.2) is 9.59 Å². The molecule has 0 aliphatic rings. The molecule has 0 spiro atoms. The Bertz CT molecular complexity index is 574. The van der Waals surface area contributed by atoms with Crippen molar-refractivity contribution in [2.75, 3.05) is 6.61 Å². The molecule has 1 aromatic rings. The van der Waals surface area contributed by atoms with Gasteiger partial charge >= 0.3 is 17.9 Å². The van der Waals surface area contributed by atoms with E-state index in [0.717, 1.165) is 12.1 Å². The third-order valence-electron chi connectivity index (χ3n) is 2.79. The Morgan fingerprint density at radius 3 is 2.48 bits per heavy atom. The van der Waals surface area contributed by atoms with Crippen LogP contribution < -0.4 is 5.73 Å². The van der Waals surface area contributed by atoms with Crippen molar-refractivity contribution in [3.05, 3.63) is 28.8 Å². The van der Waals surface area contributed by atoms with Gasteiger partial charge < -0.3 is 20.7 Å². The smallest absolute Gasteiger partial charge is 0.379 e. The van der Waals surface area contributed by atoms with Gasteiger partial charge in [-0.3, -0.25) is 0 Å². The van der Waals surface area contributed by atoms with Gasteiger partial charge in [-0.2, -0.15) is 8.78 Å². The molecule has 21 heavy (non-hydrogen) atoms. The molecule has 8 heteroatoms. The van der Waals surface area contributed by atoms with E-state index in [4.69, 9.17) is 10.8 Å². The van der Waals surface area contributed by atoms with Crippen LogP contribution in [0.5, 0.6) is 5.75 Å². The number of esters is 1. The first-order valence-corrected chi connectivity index (χ1v) is 6.00. The third-order valence-corrected chi connectivity index (χ3v) is 2.79.